The molecule has 1 rings (SSSR count). The Morgan fingerprint density at radius 2 is 2.06 bits per heavy atom. The third-order valence-electron chi connectivity index (χ3n) is 2.54. The fourth-order valence-corrected chi connectivity index (χ4v) is 1.88. The number of aliphatic carboxylic acids is 1. The number of carbonyl (C=O) groups is 1. The molecule has 2 N–H and O–H groups in total. The van der Waals surface area contributed by atoms with Gasteiger partial charge in [-0.25, -0.2) is 9.18 Å². The van der Waals surface area contributed by atoms with Crippen LogP contribution in [0.4, 0.5) is 4.39 Å². The van der Waals surface area contributed by atoms with Crippen LogP contribution in [0.15, 0.2) is 18.2 Å². The molecular weight excluding hydrogens is 235 g/mol. The molecule has 0 aliphatic heterocycles. The Balaban J connectivity index is 3.21. The van der Waals surface area contributed by atoms with Crippen molar-refractivity contribution in [3.8, 4) is 0 Å². The zero-order chi connectivity index (χ0) is 12.5. The molecule has 0 saturated heterocycles. The Morgan fingerprint density at radius 3 is 2.50 bits per heavy atom. The summed E-state index contributed by atoms with van der Waals surface area (Å²) in [6.45, 7) is 3.07. The van der Waals surface area contributed by atoms with Gasteiger partial charge in [-0.1, -0.05) is 31.5 Å². The van der Waals surface area contributed by atoms with Gasteiger partial charge in [0.2, 0.25) is 0 Å². The summed E-state index contributed by atoms with van der Waals surface area (Å²) in [6, 6.07) is 3.65. The van der Waals surface area contributed by atoms with Crippen LogP contribution in [0, 0.1) is 5.82 Å². The number of carboxylic acids is 1. The maximum Gasteiger partial charge on any atom is 0.333 e. The summed E-state index contributed by atoms with van der Waals surface area (Å²) in [6.07, 6.45) is -1.60. The fraction of sp³-hybridized carbons (Fsp3) is 0.364. The largest absolute Gasteiger partial charge is 0.479 e. The second kappa shape index (κ2) is 4.39. The third kappa shape index (κ3) is 2.33. The highest BCUT2D eigenvalue weighted by molar-refractivity contribution is 6.31. The zero-order valence-electron chi connectivity index (χ0n) is 8.87. The van der Waals surface area contributed by atoms with Gasteiger partial charge in [0.15, 0.2) is 6.10 Å². The molecule has 0 spiro atoms. The maximum absolute atomic E-state index is 12.8. The van der Waals surface area contributed by atoms with Gasteiger partial charge >= 0.3 is 5.97 Å². The third-order valence-corrected chi connectivity index (χ3v) is 2.86. The van der Waals surface area contributed by atoms with Gasteiger partial charge in [-0.05, 0) is 17.7 Å². The first kappa shape index (κ1) is 12.9. The van der Waals surface area contributed by atoms with Crippen molar-refractivity contribution in [1.29, 1.82) is 0 Å². The van der Waals surface area contributed by atoms with Crippen LogP contribution in [-0.2, 0) is 10.2 Å². The molecule has 16 heavy (non-hydrogen) atoms. The molecule has 5 heteroatoms. The summed E-state index contributed by atoms with van der Waals surface area (Å²) in [7, 11) is 0. The van der Waals surface area contributed by atoms with Crippen LogP contribution in [-0.4, -0.2) is 22.3 Å². The van der Waals surface area contributed by atoms with Crippen LogP contribution in [0.3, 0.4) is 0 Å². The first-order valence-corrected chi connectivity index (χ1v) is 5.01. The molecule has 0 aliphatic rings. The molecule has 0 radical (unpaired) electrons. The van der Waals surface area contributed by atoms with Gasteiger partial charge in [-0.3, -0.25) is 0 Å². The SMILES string of the molecule is CC(C)(c1ccc(F)cc1Cl)C(O)C(=O)O. The van der Waals surface area contributed by atoms with Gasteiger partial charge in [-0.15, -0.1) is 0 Å². The molecular formula is C11H12ClFO3. The summed E-state index contributed by atoms with van der Waals surface area (Å²) in [5.41, 5.74) is -0.693. The number of carboxylic acid groups (broad SMARTS) is 1. The highest BCUT2D eigenvalue weighted by Crippen LogP contribution is 2.33. The second-order valence-electron chi connectivity index (χ2n) is 4.09. The molecule has 88 valence electrons. The van der Waals surface area contributed by atoms with Crippen LogP contribution < -0.4 is 0 Å². The van der Waals surface area contributed by atoms with Crippen LogP contribution >= 0.6 is 11.6 Å². The highest BCUT2D eigenvalue weighted by Gasteiger charge is 2.36. The molecule has 0 amide bonds. The smallest absolute Gasteiger partial charge is 0.333 e. The van der Waals surface area contributed by atoms with Gasteiger partial charge < -0.3 is 10.2 Å². The second-order valence-corrected chi connectivity index (χ2v) is 4.49. The van der Waals surface area contributed by atoms with Crippen LogP contribution in [0.2, 0.25) is 5.02 Å². The van der Waals surface area contributed by atoms with Gasteiger partial charge in [0.25, 0.3) is 0 Å². The lowest BCUT2D eigenvalue weighted by molar-refractivity contribution is -0.150. The van der Waals surface area contributed by atoms with E-state index in [4.69, 9.17) is 16.7 Å². The molecule has 1 atom stereocenters. The Kier molecular flexibility index (Phi) is 3.55. The number of benzene rings is 1. The van der Waals surface area contributed by atoms with Crippen LogP contribution in [0.5, 0.6) is 0 Å². The van der Waals surface area contributed by atoms with Crippen molar-refractivity contribution < 1.29 is 19.4 Å². The minimum absolute atomic E-state index is 0.102. The van der Waals surface area contributed by atoms with E-state index in [-0.39, 0.29) is 5.02 Å². The number of rotatable bonds is 3. The molecule has 0 bridgehead atoms. The van der Waals surface area contributed by atoms with Crippen molar-refractivity contribution in [1.82, 2.24) is 0 Å². The maximum atomic E-state index is 12.8. The zero-order valence-corrected chi connectivity index (χ0v) is 9.62. The molecule has 0 aliphatic carbocycles. The minimum Gasteiger partial charge on any atom is -0.479 e. The lowest BCUT2D eigenvalue weighted by Gasteiger charge is -2.29. The van der Waals surface area contributed by atoms with E-state index in [1.807, 2.05) is 0 Å². The average molecular weight is 247 g/mol. The monoisotopic (exact) mass is 246 g/mol. The molecule has 1 unspecified atom stereocenters. The standard InChI is InChI=1S/C11H12ClFO3/c1-11(2,9(14)10(15)16)7-4-3-6(13)5-8(7)12/h3-5,9,14H,1-2H3,(H,15,16). The molecule has 1 aromatic rings. The summed E-state index contributed by atoms with van der Waals surface area (Å²) in [5, 5.41) is 18.4. The van der Waals surface area contributed by atoms with Gasteiger partial charge in [0.05, 0.1) is 0 Å². The fourth-order valence-electron chi connectivity index (χ4n) is 1.47. The van der Waals surface area contributed by atoms with Crippen molar-refractivity contribution in [2.24, 2.45) is 0 Å². The van der Waals surface area contributed by atoms with E-state index in [1.54, 1.807) is 0 Å². The summed E-state index contributed by atoms with van der Waals surface area (Å²) >= 11 is 5.82. The first-order valence-electron chi connectivity index (χ1n) is 4.63. The van der Waals surface area contributed by atoms with E-state index in [9.17, 15) is 14.3 Å². The van der Waals surface area contributed by atoms with E-state index in [2.05, 4.69) is 0 Å². The molecule has 0 heterocycles. The molecule has 0 saturated carbocycles. The first-order chi connectivity index (χ1) is 7.26. The normalized spacial score (nSPS) is 13.6. The van der Waals surface area contributed by atoms with Crippen molar-refractivity contribution in [2.75, 3.05) is 0 Å². The predicted octanol–water partition coefficient (Wildman–Crippen LogP) is 2.20. The number of hydrogen-bond donors (Lipinski definition) is 2. The number of aliphatic hydroxyl groups is 1. The number of aliphatic hydroxyl groups excluding tert-OH is 1. The molecule has 0 fully saturated rings. The summed E-state index contributed by atoms with van der Waals surface area (Å²) < 4.78 is 12.8. The summed E-state index contributed by atoms with van der Waals surface area (Å²) in [4.78, 5) is 10.7. The van der Waals surface area contributed by atoms with E-state index < -0.39 is 23.3 Å². The average Bonchev–Trinajstić information content (AvgIpc) is 2.15. The minimum atomic E-state index is -1.60. The van der Waals surface area contributed by atoms with Gasteiger partial charge in [0, 0.05) is 10.4 Å². The van der Waals surface area contributed by atoms with E-state index in [1.165, 1.54) is 26.0 Å². The Morgan fingerprint density at radius 1 is 1.50 bits per heavy atom. The lowest BCUT2D eigenvalue weighted by Crippen LogP contribution is -2.40. The Hall–Kier alpha value is -1.13. The topological polar surface area (TPSA) is 57.5 Å². The van der Waals surface area contributed by atoms with Crippen molar-refractivity contribution in [3.63, 3.8) is 0 Å². The molecule has 0 aromatic heterocycles. The van der Waals surface area contributed by atoms with Crippen molar-refractivity contribution in [2.45, 2.75) is 25.4 Å². The van der Waals surface area contributed by atoms with E-state index in [0.29, 0.717) is 5.56 Å². The number of halogens is 2. The van der Waals surface area contributed by atoms with Gasteiger partial charge in [0.1, 0.15) is 5.82 Å². The quantitative estimate of drug-likeness (QED) is 0.860. The Bertz CT molecular complexity index is 418. The van der Waals surface area contributed by atoms with Crippen molar-refractivity contribution in [3.05, 3.63) is 34.6 Å². The van der Waals surface area contributed by atoms with E-state index >= 15 is 0 Å². The Labute approximate surface area is 97.5 Å². The molecule has 3 nitrogen and oxygen atoms in total. The molecule has 1 aromatic carbocycles. The van der Waals surface area contributed by atoms with Crippen LogP contribution in [0.1, 0.15) is 19.4 Å². The van der Waals surface area contributed by atoms with Crippen LogP contribution in [0.25, 0.3) is 0 Å². The summed E-state index contributed by atoms with van der Waals surface area (Å²) in [5.74, 6) is -1.85. The predicted molar refractivity (Wildman–Crippen MR) is 58.1 cm³/mol. The van der Waals surface area contributed by atoms with E-state index in [0.717, 1.165) is 6.07 Å². The van der Waals surface area contributed by atoms with Gasteiger partial charge in [-0.2, -0.15) is 0 Å². The highest BCUT2D eigenvalue weighted by atomic mass is 35.5. The number of hydrogen-bond acceptors (Lipinski definition) is 2. The van der Waals surface area contributed by atoms with Crippen molar-refractivity contribution >= 4 is 17.6 Å². The lowest BCUT2D eigenvalue weighted by atomic mass is 9.79.